The Balaban J connectivity index is 2.62. The Bertz CT molecular complexity index is 623. The molecule has 0 spiro atoms. The van der Waals surface area contributed by atoms with Crippen LogP contribution in [0.3, 0.4) is 0 Å². The van der Waals surface area contributed by atoms with Crippen LogP contribution in [0.2, 0.25) is 0 Å². The molecule has 0 saturated carbocycles. The molecule has 0 aliphatic rings. The Hall–Kier alpha value is -2.44. The molecule has 1 aromatic carbocycles. The molecule has 26 heavy (non-hydrogen) atoms. The predicted octanol–water partition coefficient (Wildman–Crippen LogP) is 3.26. The molecule has 1 unspecified atom stereocenters. The van der Waals surface area contributed by atoms with Crippen LogP contribution >= 0.6 is 0 Å². The van der Waals surface area contributed by atoms with E-state index in [0.717, 1.165) is 5.56 Å². The second kappa shape index (κ2) is 9.31. The third-order valence-electron chi connectivity index (χ3n) is 3.73. The Labute approximate surface area is 155 Å². The van der Waals surface area contributed by atoms with E-state index in [0.29, 0.717) is 11.5 Å². The van der Waals surface area contributed by atoms with Gasteiger partial charge in [0.2, 0.25) is 0 Å². The number of carbonyl (C=O) groups is 2. The largest absolute Gasteiger partial charge is 0.497 e. The van der Waals surface area contributed by atoms with E-state index in [1.807, 2.05) is 19.1 Å². The normalized spacial score (nSPS) is 13.3. The lowest BCUT2D eigenvalue weighted by Gasteiger charge is -2.23. The Kier molecular flexibility index (Phi) is 7.74. The van der Waals surface area contributed by atoms with Gasteiger partial charge in [-0.2, -0.15) is 0 Å². The third-order valence-corrected chi connectivity index (χ3v) is 3.73. The summed E-state index contributed by atoms with van der Waals surface area (Å²) in [6.07, 6.45) is -1.07. The summed E-state index contributed by atoms with van der Waals surface area (Å²) < 4.78 is 21.1. The SMILES string of the molecule is COc1ccc([C@H](C)C(C)OC(=O)CNC(=O)OC(C)(C)C)c(OC)c1. The summed E-state index contributed by atoms with van der Waals surface area (Å²) in [5, 5.41) is 2.38. The van der Waals surface area contributed by atoms with Gasteiger partial charge in [0, 0.05) is 17.5 Å². The fourth-order valence-corrected chi connectivity index (χ4v) is 2.26. The van der Waals surface area contributed by atoms with E-state index >= 15 is 0 Å². The van der Waals surface area contributed by atoms with E-state index in [9.17, 15) is 9.59 Å². The first kappa shape index (κ1) is 21.6. The summed E-state index contributed by atoms with van der Waals surface area (Å²) in [6, 6.07) is 5.49. The second-order valence-electron chi connectivity index (χ2n) is 6.95. The van der Waals surface area contributed by atoms with Crippen LogP contribution in [-0.2, 0) is 14.3 Å². The molecule has 0 aromatic heterocycles. The van der Waals surface area contributed by atoms with Crippen molar-refractivity contribution < 1.29 is 28.5 Å². The number of methoxy groups -OCH3 is 2. The van der Waals surface area contributed by atoms with Gasteiger partial charge in [0.05, 0.1) is 14.2 Å². The molecule has 0 bridgehead atoms. The zero-order valence-electron chi connectivity index (χ0n) is 16.5. The summed E-state index contributed by atoms with van der Waals surface area (Å²) >= 11 is 0. The summed E-state index contributed by atoms with van der Waals surface area (Å²) in [6.45, 7) is 8.71. The van der Waals surface area contributed by atoms with Gasteiger partial charge in [0.1, 0.15) is 29.7 Å². The first-order chi connectivity index (χ1) is 12.1. The number of benzene rings is 1. The maximum atomic E-state index is 12.0. The Morgan fingerprint density at radius 3 is 2.31 bits per heavy atom. The molecule has 0 saturated heterocycles. The third kappa shape index (κ3) is 6.82. The average Bonchev–Trinajstić information content (AvgIpc) is 2.57. The summed E-state index contributed by atoms with van der Waals surface area (Å²) in [4.78, 5) is 23.5. The van der Waals surface area contributed by atoms with Crippen molar-refractivity contribution in [2.75, 3.05) is 20.8 Å². The van der Waals surface area contributed by atoms with E-state index in [-0.39, 0.29) is 12.5 Å². The van der Waals surface area contributed by atoms with Crippen LogP contribution in [0.15, 0.2) is 18.2 Å². The van der Waals surface area contributed by atoms with Gasteiger partial charge in [0.25, 0.3) is 0 Å². The maximum absolute atomic E-state index is 12.0. The van der Waals surface area contributed by atoms with Gasteiger partial charge in [-0.15, -0.1) is 0 Å². The molecule has 146 valence electrons. The molecule has 1 rings (SSSR count). The Morgan fingerprint density at radius 1 is 1.12 bits per heavy atom. The van der Waals surface area contributed by atoms with E-state index < -0.39 is 23.8 Å². The molecule has 1 N–H and O–H groups in total. The highest BCUT2D eigenvalue weighted by Crippen LogP contribution is 2.33. The number of esters is 1. The van der Waals surface area contributed by atoms with Gasteiger partial charge in [-0.05, 0) is 33.8 Å². The number of hydrogen-bond donors (Lipinski definition) is 1. The van der Waals surface area contributed by atoms with Gasteiger partial charge in [0.15, 0.2) is 0 Å². The fraction of sp³-hybridized carbons (Fsp3) is 0.579. The molecule has 0 aliphatic carbocycles. The quantitative estimate of drug-likeness (QED) is 0.745. The molecule has 1 aromatic rings. The van der Waals surface area contributed by atoms with Crippen molar-refractivity contribution in [3.63, 3.8) is 0 Å². The highest BCUT2D eigenvalue weighted by Gasteiger charge is 2.23. The van der Waals surface area contributed by atoms with Crippen molar-refractivity contribution in [3.8, 4) is 11.5 Å². The molecular formula is C19H29NO6. The van der Waals surface area contributed by atoms with Crippen LogP contribution in [0.1, 0.15) is 46.1 Å². The minimum absolute atomic E-state index is 0.110. The van der Waals surface area contributed by atoms with Gasteiger partial charge >= 0.3 is 12.1 Å². The Morgan fingerprint density at radius 2 is 1.77 bits per heavy atom. The first-order valence-corrected chi connectivity index (χ1v) is 8.45. The number of carbonyl (C=O) groups excluding carboxylic acids is 2. The maximum Gasteiger partial charge on any atom is 0.408 e. The molecule has 1 amide bonds. The number of ether oxygens (including phenoxy) is 4. The summed E-state index contributed by atoms with van der Waals surface area (Å²) in [5.41, 5.74) is 0.273. The lowest BCUT2D eigenvalue weighted by molar-refractivity contribution is -0.148. The van der Waals surface area contributed by atoms with Crippen LogP contribution < -0.4 is 14.8 Å². The zero-order valence-corrected chi connectivity index (χ0v) is 16.5. The number of hydrogen-bond acceptors (Lipinski definition) is 6. The number of amides is 1. The minimum atomic E-state index is -0.660. The van der Waals surface area contributed by atoms with Gasteiger partial charge < -0.3 is 24.3 Å². The van der Waals surface area contributed by atoms with Crippen molar-refractivity contribution >= 4 is 12.1 Å². The summed E-state index contributed by atoms with van der Waals surface area (Å²) in [7, 11) is 3.16. The fourth-order valence-electron chi connectivity index (χ4n) is 2.26. The van der Waals surface area contributed by atoms with Crippen molar-refractivity contribution in [1.29, 1.82) is 0 Å². The molecular weight excluding hydrogens is 338 g/mol. The standard InChI is InChI=1S/C19H29NO6/c1-12(15-9-8-14(23-6)10-16(15)24-7)13(2)25-17(21)11-20-18(22)26-19(3,4)5/h8-10,12-13H,11H2,1-7H3,(H,20,22)/t12-,13?/m1/s1. The first-order valence-electron chi connectivity index (χ1n) is 8.45. The molecule has 7 nitrogen and oxygen atoms in total. The van der Waals surface area contributed by atoms with Crippen LogP contribution in [0, 0.1) is 0 Å². The predicted molar refractivity (Wildman–Crippen MR) is 97.8 cm³/mol. The molecule has 0 aliphatic heterocycles. The minimum Gasteiger partial charge on any atom is -0.497 e. The van der Waals surface area contributed by atoms with Crippen LogP contribution in [0.5, 0.6) is 11.5 Å². The van der Waals surface area contributed by atoms with Crippen LogP contribution in [-0.4, -0.2) is 44.5 Å². The lowest BCUT2D eigenvalue weighted by atomic mass is 9.95. The summed E-state index contributed by atoms with van der Waals surface area (Å²) in [5.74, 6) is 0.694. The number of alkyl carbamates (subject to hydrolysis) is 1. The molecule has 2 atom stereocenters. The molecule has 0 radical (unpaired) electrons. The van der Waals surface area contributed by atoms with Crippen molar-refractivity contribution in [2.45, 2.75) is 52.2 Å². The van der Waals surface area contributed by atoms with Gasteiger partial charge in [-0.1, -0.05) is 13.0 Å². The monoisotopic (exact) mass is 367 g/mol. The van der Waals surface area contributed by atoms with E-state index in [1.54, 1.807) is 48.0 Å². The van der Waals surface area contributed by atoms with E-state index in [1.165, 1.54) is 0 Å². The van der Waals surface area contributed by atoms with E-state index in [4.69, 9.17) is 18.9 Å². The molecule has 7 heteroatoms. The van der Waals surface area contributed by atoms with Crippen LogP contribution in [0.25, 0.3) is 0 Å². The van der Waals surface area contributed by atoms with Crippen molar-refractivity contribution in [1.82, 2.24) is 5.32 Å². The molecule has 0 fully saturated rings. The second-order valence-corrected chi connectivity index (χ2v) is 6.95. The lowest BCUT2D eigenvalue weighted by Crippen LogP contribution is -2.37. The van der Waals surface area contributed by atoms with Gasteiger partial charge in [-0.25, -0.2) is 4.79 Å². The molecule has 0 heterocycles. The van der Waals surface area contributed by atoms with Crippen molar-refractivity contribution in [3.05, 3.63) is 23.8 Å². The van der Waals surface area contributed by atoms with Gasteiger partial charge in [-0.3, -0.25) is 4.79 Å². The average molecular weight is 367 g/mol. The number of nitrogens with one attached hydrogen (secondary N) is 1. The van der Waals surface area contributed by atoms with E-state index in [2.05, 4.69) is 5.32 Å². The van der Waals surface area contributed by atoms with Crippen LogP contribution in [0.4, 0.5) is 4.79 Å². The smallest absolute Gasteiger partial charge is 0.408 e. The van der Waals surface area contributed by atoms with Crippen molar-refractivity contribution in [2.24, 2.45) is 0 Å². The highest BCUT2D eigenvalue weighted by molar-refractivity contribution is 5.78. The topological polar surface area (TPSA) is 83.1 Å². The highest BCUT2D eigenvalue weighted by atomic mass is 16.6. The number of rotatable bonds is 7. The zero-order chi connectivity index (χ0) is 19.9.